The quantitative estimate of drug-likeness (QED) is 0.729. The van der Waals surface area contributed by atoms with Crippen molar-refractivity contribution in [2.24, 2.45) is 5.92 Å². The molecular formula is C18H27NO4S. The maximum atomic E-state index is 11.8. The molecule has 0 saturated carbocycles. The molecule has 0 bridgehead atoms. The number of carbonyl (C=O) groups is 1. The zero-order valence-corrected chi connectivity index (χ0v) is 15.3. The van der Waals surface area contributed by atoms with Gasteiger partial charge in [0.25, 0.3) is 0 Å². The third-order valence-corrected chi connectivity index (χ3v) is 6.15. The van der Waals surface area contributed by atoms with Crippen molar-refractivity contribution in [1.29, 1.82) is 0 Å². The molecule has 1 fully saturated rings. The van der Waals surface area contributed by atoms with Crippen molar-refractivity contribution in [1.82, 2.24) is 5.32 Å². The van der Waals surface area contributed by atoms with Gasteiger partial charge in [0.2, 0.25) is 5.91 Å². The lowest BCUT2D eigenvalue weighted by atomic mass is 10.1. The molecule has 1 atom stereocenters. The zero-order chi connectivity index (χ0) is 17.6. The predicted octanol–water partition coefficient (Wildman–Crippen LogP) is 2.40. The Hall–Kier alpha value is -1.56. The Labute approximate surface area is 144 Å². The highest BCUT2D eigenvalue weighted by molar-refractivity contribution is 7.91. The number of ether oxygens (including phenoxy) is 1. The SMILES string of the molecule is Cc1ccc(C)c(OCCCCC(=O)NCC2CCS(=O)(=O)C2)c1. The summed E-state index contributed by atoms with van der Waals surface area (Å²) in [5.74, 6) is 1.43. The van der Waals surface area contributed by atoms with Gasteiger partial charge in [-0.05, 0) is 56.2 Å². The summed E-state index contributed by atoms with van der Waals surface area (Å²) in [4.78, 5) is 11.8. The van der Waals surface area contributed by atoms with Gasteiger partial charge in [-0.15, -0.1) is 0 Å². The first-order chi connectivity index (χ1) is 11.4. The van der Waals surface area contributed by atoms with Crippen LogP contribution in [0.3, 0.4) is 0 Å². The Kier molecular flexibility index (Phi) is 6.66. The van der Waals surface area contributed by atoms with E-state index in [0.717, 1.165) is 24.2 Å². The summed E-state index contributed by atoms with van der Waals surface area (Å²) in [7, 11) is -2.87. The van der Waals surface area contributed by atoms with Crippen molar-refractivity contribution in [3.8, 4) is 5.75 Å². The standard InChI is InChI=1S/C18H27NO4S/c1-14-6-7-15(2)17(11-14)23-9-4-3-5-18(20)19-12-16-8-10-24(21,22)13-16/h6-7,11,16H,3-5,8-10,12-13H2,1-2H3,(H,19,20). The fraction of sp³-hybridized carbons (Fsp3) is 0.611. The minimum atomic E-state index is -2.87. The van der Waals surface area contributed by atoms with E-state index in [1.165, 1.54) is 5.56 Å². The largest absolute Gasteiger partial charge is 0.493 e. The summed E-state index contributed by atoms with van der Waals surface area (Å²) in [6.07, 6.45) is 2.69. The second kappa shape index (κ2) is 8.51. The average Bonchev–Trinajstić information content (AvgIpc) is 2.87. The molecule has 1 aliphatic heterocycles. The number of benzene rings is 1. The Morgan fingerprint density at radius 2 is 2.08 bits per heavy atom. The first kappa shape index (κ1) is 18.8. The smallest absolute Gasteiger partial charge is 0.220 e. The molecule has 134 valence electrons. The van der Waals surface area contributed by atoms with Crippen molar-refractivity contribution in [3.05, 3.63) is 29.3 Å². The molecule has 1 amide bonds. The van der Waals surface area contributed by atoms with Crippen LogP contribution in [0.1, 0.15) is 36.8 Å². The van der Waals surface area contributed by atoms with Crippen LogP contribution in [-0.4, -0.2) is 39.0 Å². The number of rotatable bonds is 8. The second-order valence-corrected chi connectivity index (χ2v) is 8.88. The number of nitrogens with one attached hydrogen (secondary N) is 1. The lowest BCUT2D eigenvalue weighted by Gasteiger charge is -2.11. The molecule has 6 heteroatoms. The van der Waals surface area contributed by atoms with E-state index in [0.29, 0.717) is 26.0 Å². The predicted molar refractivity (Wildman–Crippen MR) is 95.0 cm³/mol. The van der Waals surface area contributed by atoms with Crippen LogP contribution in [0.25, 0.3) is 0 Å². The van der Waals surface area contributed by atoms with Gasteiger partial charge in [-0.3, -0.25) is 4.79 Å². The van der Waals surface area contributed by atoms with Crippen LogP contribution in [0.15, 0.2) is 18.2 Å². The number of hydrogen-bond acceptors (Lipinski definition) is 4. The zero-order valence-electron chi connectivity index (χ0n) is 14.5. The Morgan fingerprint density at radius 1 is 1.29 bits per heavy atom. The van der Waals surface area contributed by atoms with Crippen LogP contribution in [0.4, 0.5) is 0 Å². The Balaban J connectivity index is 1.57. The van der Waals surface area contributed by atoms with Gasteiger partial charge in [-0.2, -0.15) is 0 Å². The molecular weight excluding hydrogens is 326 g/mol. The molecule has 1 aromatic rings. The van der Waals surface area contributed by atoms with Crippen molar-refractivity contribution >= 4 is 15.7 Å². The number of aryl methyl sites for hydroxylation is 2. The van der Waals surface area contributed by atoms with Crippen molar-refractivity contribution in [2.75, 3.05) is 24.7 Å². The highest BCUT2D eigenvalue weighted by atomic mass is 32.2. The first-order valence-electron chi connectivity index (χ1n) is 8.53. The molecule has 1 aromatic carbocycles. The first-order valence-corrected chi connectivity index (χ1v) is 10.3. The van der Waals surface area contributed by atoms with E-state index < -0.39 is 9.84 Å². The number of sulfone groups is 1. The molecule has 1 N–H and O–H groups in total. The van der Waals surface area contributed by atoms with Gasteiger partial charge in [0.1, 0.15) is 5.75 Å². The van der Waals surface area contributed by atoms with E-state index in [1.807, 2.05) is 26.0 Å². The van der Waals surface area contributed by atoms with Gasteiger partial charge in [0.05, 0.1) is 18.1 Å². The molecule has 1 aliphatic rings. The lowest BCUT2D eigenvalue weighted by Crippen LogP contribution is -2.29. The molecule has 0 spiro atoms. The summed E-state index contributed by atoms with van der Waals surface area (Å²) in [6, 6.07) is 6.13. The van der Waals surface area contributed by atoms with Gasteiger partial charge >= 0.3 is 0 Å². The van der Waals surface area contributed by atoms with E-state index in [1.54, 1.807) is 0 Å². The van der Waals surface area contributed by atoms with Crippen LogP contribution in [0.2, 0.25) is 0 Å². The number of unbranched alkanes of at least 4 members (excludes halogenated alkanes) is 1. The highest BCUT2D eigenvalue weighted by Crippen LogP contribution is 2.19. The van der Waals surface area contributed by atoms with Crippen LogP contribution in [0.5, 0.6) is 5.75 Å². The van der Waals surface area contributed by atoms with Crippen LogP contribution in [0, 0.1) is 19.8 Å². The summed E-state index contributed by atoms with van der Waals surface area (Å²) in [5.41, 5.74) is 2.29. The van der Waals surface area contributed by atoms with E-state index in [9.17, 15) is 13.2 Å². The second-order valence-electron chi connectivity index (χ2n) is 6.65. The average molecular weight is 353 g/mol. The molecule has 24 heavy (non-hydrogen) atoms. The third kappa shape index (κ3) is 6.15. The van der Waals surface area contributed by atoms with Crippen molar-refractivity contribution in [3.63, 3.8) is 0 Å². The van der Waals surface area contributed by atoms with Crippen LogP contribution >= 0.6 is 0 Å². The molecule has 5 nitrogen and oxygen atoms in total. The summed E-state index contributed by atoms with van der Waals surface area (Å²) >= 11 is 0. The molecule has 2 rings (SSSR count). The molecule has 0 aromatic heterocycles. The fourth-order valence-corrected chi connectivity index (χ4v) is 4.67. The third-order valence-electron chi connectivity index (χ3n) is 4.31. The molecule has 1 heterocycles. The topological polar surface area (TPSA) is 72.5 Å². The van der Waals surface area contributed by atoms with E-state index in [2.05, 4.69) is 11.4 Å². The van der Waals surface area contributed by atoms with Crippen molar-refractivity contribution in [2.45, 2.75) is 39.5 Å². The van der Waals surface area contributed by atoms with Crippen LogP contribution < -0.4 is 10.1 Å². The Bertz CT molecular complexity index is 670. The highest BCUT2D eigenvalue weighted by Gasteiger charge is 2.27. The minimum Gasteiger partial charge on any atom is -0.493 e. The molecule has 1 unspecified atom stereocenters. The lowest BCUT2D eigenvalue weighted by molar-refractivity contribution is -0.121. The van der Waals surface area contributed by atoms with Gasteiger partial charge in [-0.1, -0.05) is 12.1 Å². The van der Waals surface area contributed by atoms with E-state index in [-0.39, 0.29) is 23.3 Å². The molecule has 1 saturated heterocycles. The summed E-state index contributed by atoms with van der Waals surface area (Å²) in [5, 5.41) is 2.84. The Morgan fingerprint density at radius 3 is 2.79 bits per heavy atom. The molecule has 0 aliphatic carbocycles. The van der Waals surface area contributed by atoms with E-state index >= 15 is 0 Å². The van der Waals surface area contributed by atoms with Gasteiger partial charge in [-0.25, -0.2) is 8.42 Å². The summed E-state index contributed by atoms with van der Waals surface area (Å²) < 4.78 is 28.5. The van der Waals surface area contributed by atoms with Crippen molar-refractivity contribution < 1.29 is 17.9 Å². The molecule has 0 radical (unpaired) electrons. The maximum Gasteiger partial charge on any atom is 0.220 e. The fourth-order valence-electron chi connectivity index (χ4n) is 2.81. The van der Waals surface area contributed by atoms with Crippen LogP contribution in [-0.2, 0) is 14.6 Å². The number of amides is 1. The minimum absolute atomic E-state index is 0.00830. The van der Waals surface area contributed by atoms with Gasteiger partial charge in [0.15, 0.2) is 9.84 Å². The normalized spacial score (nSPS) is 19.2. The number of hydrogen-bond donors (Lipinski definition) is 1. The monoisotopic (exact) mass is 353 g/mol. The van der Waals surface area contributed by atoms with Gasteiger partial charge < -0.3 is 10.1 Å². The summed E-state index contributed by atoms with van der Waals surface area (Å²) in [6.45, 7) is 5.12. The number of carbonyl (C=O) groups excluding carboxylic acids is 1. The maximum absolute atomic E-state index is 11.8. The van der Waals surface area contributed by atoms with E-state index in [4.69, 9.17) is 4.74 Å². The van der Waals surface area contributed by atoms with Gasteiger partial charge in [0, 0.05) is 13.0 Å².